The van der Waals surface area contributed by atoms with E-state index in [1.54, 1.807) is 66.7 Å². The van der Waals surface area contributed by atoms with Gasteiger partial charge < -0.3 is 10.6 Å². The highest BCUT2D eigenvalue weighted by atomic mass is 35.5. The summed E-state index contributed by atoms with van der Waals surface area (Å²) in [5, 5.41) is 6.29. The zero-order valence-corrected chi connectivity index (χ0v) is 15.0. The molecule has 2 N–H and O–H groups in total. The fourth-order valence-electron chi connectivity index (χ4n) is 2.31. The van der Waals surface area contributed by atoms with Crippen molar-refractivity contribution in [3.63, 3.8) is 0 Å². The second-order valence-corrected chi connectivity index (χ2v) is 6.32. The van der Waals surface area contributed by atoms with Crippen molar-refractivity contribution < 1.29 is 9.59 Å². The van der Waals surface area contributed by atoms with E-state index in [0.29, 0.717) is 32.5 Å². The van der Waals surface area contributed by atoms with Gasteiger partial charge in [-0.3, -0.25) is 9.59 Å². The van der Waals surface area contributed by atoms with Gasteiger partial charge in [0.05, 0.1) is 10.7 Å². The van der Waals surface area contributed by atoms with Crippen molar-refractivity contribution in [1.29, 1.82) is 0 Å². The van der Waals surface area contributed by atoms with Crippen LogP contribution in [0.2, 0.25) is 10.0 Å². The number of halogens is 2. The summed E-state index contributed by atoms with van der Waals surface area (Å²) in [6, 6.07) is 20.3. The first-order valence-electron chi connectivity index (χ1n) is 7.76. The molecule has 0 spiro atoms. The first kappa shape index (κ1) is 18.0. The summed E-state index contributed by atoms with van der Waals surface area (Å²) in [4.78, 5) is 24.4. The van der Waals surface area contributed by atoms with Crippen LogP contribution in [0.15, 0.2) is 72.8 Å². The van der Waals surface area contributed by atoms with Crippen molar-refractivity contribution in [2.75, 3.05) is 10.6 Å². The molecule has 0 saturated heterocycles. The molecule has 0 fully saturated rings. The van der Waals surface area contributed by atoms with E-state index in [1.165, 1.54) is 0 Å². The number of carbonyl (C=O) groups excluding carboxylic acids is 2. The first-order valence-corrected chi connectivity index (χ1v) is 8.51. The lowest BCUT2D eigenvalue weighted by atomic mass is 10.2. The maximum atomic E-state index is 12.2. The van der Waals surface area contributed by atoms with E-state index in [-0.39, 0.29) is 11.8 Å². The van der Waals surface area contributed by atoms with Crippen LogP contribution in [0.3, 0.4) is 0 Å². The SMILES string of the molecule is O=C(Nc1ccc(NC(=O)c2ccccc2)c(Cl)c1)c1cccc(Cl)c1. The van der Waals surface area contributed by atoms with E-state index in [0.717, 1.165) is 0 Å². The highest BCUT2D eigenvalue weighted by molar-refractivity contribution is 6.34. The maximum absolute atomic E-state index is 12.2. The molecule has 3 rings (SSSR count). The Kier molecular flexibility index (Phi) is 5.56. The molecule has 4 nitrogen and oxygen atoms in total. The van der Waals surface area contributed by atoms with Crippen molar-refractivity contribution in [3.8, 4) is 0 Å². The molecule has 0 bridgehead atoms. The Labute approximate surface area is 160 Å². The van der Waals surface area contributed by atoms with E-state index < -0.39 is 0 Å². The van der Waals surface area contributed by atoms with Gasteiger partial charge in [-0.2, -0.15) is 0 Å². The molecular weight excluding hydrogens is 371 g/mol. The molecule has 0 unspecified atom stereocenters. The van der Waals surface area contributed by atoms with Gasteiger partial charge in [0.1, 0.15) is 0 Å². The molecule has 0 aliphatic carbocycles. The summed E-state index contributed by atoms with van der Waals surface area (Å²) in [5.41, 5.74) is 1.94. The lowest BCUT2D eigenvalue weighted by Gasteiger charge is -2.10. The van der Waals surface area contributed by atoms with Crippen LogP contribution in [0.25, 0.3) is 0 Å². The Morgan fingerprint density at radius 2 is 1.38 bits per heavy atom. The average Bonchev–Trinajstić information content (AvgIpc) is 2.64. The minimum Gasteiger partial charge on any atom is -0.322 e. The van der Waals surface area contributed by atoms with Gasteiger partial charge in [-0.25, -0.2) is 0 Å². The summed E-state index contributed by atoms with van der Waals surface area (Å²) >= 11 is 12.1. The molecule has 0 aliphatic heterocycles. The predicted molar refractivity (Wildman–Crippen MR) is 105 cm³/mol. The van der Waals surface area contributed by atoms with Gasteiger partial charge >= 0.3 is 0 Å². The Hall–Kier alpha value is -2.82. The van der Waals surface area contributed by atoms with Gasteiger partial charge in [0, 0.05) is 21.8 Å². The van der Waals surface area contributed by atoms with E-state index in [2.05, 4.69) is 10.6 Å². The molecule has 0 heterocycles. The van der Waals surface area contributed by atoms with Gasteiger partial charge in [-0.05, 0) is 48.5 Å². The number of carbonyl (C=O) groups is 2. The molecule has 26 heavy (non-hydrogen) atoms. The molecule has 6 heteroatoms. The lowest BCUT2D eigenvalue weighted by Crippen LogP contribution is -2.13. The maximum Gasteiger partial charge on any atom is 0.255 e. The highest BCUT2D eigenvalue weighted by Gasteiger charge is 2.11. The van der Waals surface area contributed by atoms with Gasteiger partial charge in [0.15, 0.2) is 0 Å². The summed E-state index contributed by atoms with van der Waals surface area (Å²) < 4.78 is 0. The molecular formula is C20H14Cl2N2O2. The molecule has 2 amide bonds. The summed E-state index contributed by atoms with van der Waals surface area (Å²) in [7, 11) is 0. The smallest absolute Gasteiger partial charge is 0.255 e. The standard InChI is InChI=1S/C20H14Cl2N2O2/c21-15-8-4-7-14(11-15)20(26)23-16-9-10-18(17(22)12-16)24-19(25)13-5-2-1-3-6-13/h1-12H,(H,23,26)(H,24,25). The summed E-state index contributed by atoms with van der Waals surface area (Å²) in [6.07, 6.45) is 0. The number of hydrogen-bond acceptors (Lipinski definition) is 2. The monoisotopic (exact) mass is 384 g/mol. The molecule has 0 saturated carbocycles. The van der Waals surface area contributed by atoms with Gasteiger partial charge in [-0.15, -0.1) is 0 Å². The van der Waals surface area contributed by atoms with Crippen molar-refractivity contribution in [3.05, 3.63) is 94.0 Å². The second-order valence-electron chi connectivity index (χ2n) is 5.48. The quantitative estimate of drug-likeness (QED) is 0.623. The summed E-state index contributed by atoms with van der Waals surface area (Å²) in [6.45, 7) is 0. The van der Waals surface area contributed by atoms with Crippen LogP contribution >= 0.6 is 23.2 Å². The molecule has 0 aromatic heterocycles. The minimum absolute atomic E-state index is 0.261. The fraction of sp³-hybridized carbons (Fsp3) is 0. The van der Waals surface area contributed by atoms with E-state index in [4.69, 9.17) is 23.2 Å². The number of hydrogen-bond donors (Lipinski definition) is 2. The average molecular weight is 385 g/mol. The number of rotatable bonds is 4. The van der Waals surface area contributed by atoms with Crippen LogP contribution in [-0.4, -0.2) is 11.8 Å². The Bertz CT molecular complexity index is 959. The lowest BCUT2D eigenvalue weighted by molar-refractivity contribution is 0.101. The van der Waals surface area contributed by atoms with Gasteiger partial charge in [0.2, 0.25) is 0 Å². The predicted octanol–water partition coefficient (Wildman–Crippen LogP) is 5.50. The van der Waals surface area contributed by atoms with Gasteiger partial charge in [-0.1, -0.05) is 47.5 Å². The number of anilines is 2. The van der Waals surface area contributed by atoms with Crippen molar-refractivity contribution in [1.82, 2.24) is 0 Å². The van der Waals surface area contributed by atoms with Crippen LogP contribution in [0.5, 0.6) is 0 Å². The zero-order valence-electron chi connectivity index (χ0n) is 13.5. The Balaban J connectivity index is 1.71. The molecule has 0 atom stereocenters. The summed E-state index contributed by atoms with van der Waals surface area (Å²) in [5.74, 6) is -0.562. The zero-order chi connectivity index (χ0) is 18.5. The van der Waals surface area contributed by atoms with Crippen LogP contribution in [0, 0.1) is 0 Å². The third kappa shape index (κ3) is 4.42. The molecule has 3 aromatic carbocycles. The van der Waals surface area contributed by atoms with Crippen molar-refractivity contribution in [2.45, 2.75) is 0 Å². The number of amides is 2. The largest absolute Gasteiger partial charge is 0.322 e. The second kappa shape index (κ2) is 8.04. The van der Waals surface area contributed by atoms with Crippen LogP contribution < -0.4 is 10.6 Å². The van der Waals surface area contributed by atoms with Crippen LogP contribution in [0.4, 0.5) is 11.4 Å². The van der Waals surface area contributed by atoms with Crippen LogP contribution in [-0.2, 0) is 0 Å². The number of nitrogens with one attached hydrogen (secondary N) is 2. The molecule has 0 aliphatic rings. The Morgan fingerprint density at radius 3 is 2.08 bits per heavy atom. The first-order chi connectivity index (χ1) is 12.5. The molecule has 3 aromatic rings. The van der Waals surface area contributed by atoms with E-state index in [9.17, 15) is 9.59 Å². The highest BCUT2D eigenvalue weighted by Crippen LogP contribution is 2.26. The van der Waals surface area contributed by atoms with Crippen molar-refractivity contribution >= 4 is 46.4 Å². The molecule has 0 radical (unpaired) electrons. The fourth-order valence-corrected chi connectivity index (χ4v) is 2.73. The molecule has 130 valence electrons. The van der Waals surface area contributed by atoms with Gasteiger partial charge in [0.25, 0.3) is 11.8 Å². The van der Waals surface area contributed by atoms with E-state index >= 15 is 0 Å². The Morgan fingerprint density at radius 1 is 0.692 bits per heavy atom. The normalized spacial score (nSPS) is 10.2. The number of benzene rings is 3. The topological polar surface area (TPSA) is 58.2 Å². The third-order valence-electron chi connectivity index (χ3n) is 3.60. The van der Waals surface area contributed by atoms with Crippen molar-refractivity contribution in [2.24, 2.45) is 0 Å². The third-order valence-corrected chi connectivity index (χ3v) is 4.15. The van der Waals surface area contributed by atoms with E-state index in [1.807, 2.05) is 6.07 Å². The van der Waals surface area contributed by atoms with Crippen LogP contribution in [0.1, 0.15) is 20.7 Å². The minimum atomic E-state index is -0.301.